The number of hydrogen-bond donors (Lipinski definition) is 3. The average Bonchev–Trinajstić information content (AvgIpc) is 2.26. The smallest absolute Gasteiger partial charge is 0.298 e. The summed E-state index contributed by atoms with van der Waals surface area (Å²) in [4.78, 5) is -1.60. The average molecular weight is 312 g/mol. The van der Waals surface area contributed by atoms with Gasteiger partial charge in [0.2, 0.25) is 0 Å². The van der Waals surface area contributed by atoms with E-state index in [4.69, 9.17) is 14.2 Å². The highest BCUT2D eigenvalue weighted by molar-refractivity contribution is 7.86. The predicted molar refractivity (Wildman–Crippen MR) is 63.4 cm³/mol. The van der Waals surface area contributed by atoms with Crippen LogP contribution in [-0.2, 0) is 26.7 Å². The summed E-state index contributed by atoms with van der Waals surface area (Å²) < 4.78 is 67.4. The van der Waals surface area contributed by atoms with Crippen molar-refractivity contribution in [3.63, 3.8) is 0 Å². The lowest BCUT2D eigenvalue weighted by Gasteiger charge is -2.12. The van der Waals surface area contributed by atoms with Crippen LogP contribution in [0.25, 0.3) is 0 Å². The summed E-state index contributed by atoms with van der Waals surface area (Å²) in [5, 5.41) is 8.78. The van der Waals surface area contributed by atoms with Crippen LogP contribution < -0.4 is 4.74 Å². The highest BCUT2D eigenvalue weighted by Gasteiger charge is 2.26. The van der Waals surface area contributed by atoms with E-state index in [1.807, 2.05) is 0 Å². The zero-order valence-corrected chi connectivity index (χ0v) is 11.4. The Kier molecular flexibility index (Phi) is 4.53. The number of rotatable bonds is 5. The first-order valence-electron chi connectivity index (χ1n) is 4.88. The summed E-state index contributed by atoms with van der Waals surface area (Å²) >= 11 is 0. The molecule has 0 aliphatic carbocycles. The minimum atomic E-state index is -4.75. The highest BCUT2D eigenvalue weighted by Crippen LogP contribution is 2.33. The highest BCUT2D eigenvalue weighted by atomic mass is 32.2. The fourth-order valence-corrected chi connectivity index (χ4v) is 3.01. The summed E-state index contributed by atoms with van der Waals surface area (Å²) in [7, 11) is -8.51. The number of aliphatic hydroxyl groups excluding tert-OH is 1. The fourth-order valence-electron chi connectivity index (χ4n) is 1.49. The molecule has 0 aliphatic rings. The van der Waals surface area contributed by atoms with E-state index in [1.165, 1.54) is 0 Å². The Labute approximate surface area is 110 Å². The zero-order valence-electron chi connectivity index (χ0n) is 9.77. The zero-order chi connectivity index (χ0) is 14.8. The van der Waals surface area contributed by atoms with Gasteiger partial charge in [-0.05, 0) is 24.1 Å². The lowest BCUT2D eigenvalue weighted by molar-refractivity contribution is 0.299. The van der Waals surface area contributed by atoms with E-state index in [9.17, 15) is 16.8 Å². The van der Waals surface area contributed by atoms with Crippen LogP contribution in [0.5, 0.6) is 5.75 Å². The molecule has 0 bridgehead atoms. The molecule has 0 radical (unpaired) electrons. The van der Waals surface area contributed by atoms with Gasteiger partial charge in [-0.25, -0.2) is 0 Å². The van der Waals surface area contributed by atoms with Crippen LogP contribution in [0.4, 0.5) is 0 Å². The predicted octanol–water partition coefficient (Wildman–Crippen LogP) is -0.277. The van der Waals surface area contributed by atoms with Crippen molar-refractivity contribution in [2.24, 2.45) is 0 Å². The van der Waals surface area contributed by atoms with Crippen LogP contribution in [0.15, 0.2) is 21.9 Å². The first kappa shape index (κ1) is 15.9. The van der Waals surface area contributed by atoms with Crippen molar-refractivity contribution in [2.45, 2.75) is 16.2 Å². The minimum Gasteiger partial charge on any atom is -0.494 e. The molecule has 3 N–H and O–H groups in total. The Morgan fingerprint density at radius 2 is 1.47 bits per heavy atom. The number of ether oxygens (including phenoxy) is 1. The summed E-state index contributed by atoms with van der Waals surface area (Å²) in [6.07, 6.45) is -0.0605. The number of benzene rings is 1. The maximum atomic E-state index is 11.2. The van der Waals surface area contributed by atoms with Crippen LogP contribution >= 0.6 is 0 Å². The van der Waals surface area contributed by atoms with Gasteiger partial charge in [0, 0.05) is 6.61 Å². The van der Waals surface area contributed by atoms with Gasteiger partial charge in [-0.15, -0.1) is 0 Å². The van der Waals surface area contributed by atoms with Crippen LogP contribution in [0.2, 0.25) is 0 Å². The van der Waals surface area contributed by atoms with Crippen molar-refractivity contribution in [3.05, 3.63) is 17.7 Å². The Morgan fingerprint density at radius 1 is 1.05 bits per heavy atom. The molecule has 0 saturated heterocycles. The van der Waals surface area contributed by atoms with E-state index in [0.29, 0.717) is 0 Å². The summed E-state index contributed by atoms with van der Waals surface area (Å²) in [6, 6.07) is 1.91. The largest absolute Gasteiger partial charge is 0.494 e. The Hall–Kier alpha value is -1.20. The minimum absolute atomic E-state index is 0.0605. The summed E-state index contributed by atoms with van der Waals surface area (Å²) in [6.45, 7) is -0.373. The van der Waals surface area contributed by atoms with Crippen molar-refractivity contribution in [1.29, 1.82) is 0 Å². The molecule has 1 aromatic carbocycles. The summed E-state index contributed by atoms with van der Waals surface area (Å²) in [5.41, 5.74) is 0.101. The molecule has 0 saturated carbocycles. The van der Waals surface area contributed by atoms with E-state index in [1.54, 1.807) is 0 Å². The Balaban J connectivity index is 3.77. The SMILES string of the molecule is COc1c(S(=O)(=O)O)cc(CCO)cc1S(=O)(=O)O. The molecule has 0 atom stereocenters. The second-order valence-electron chi connectivity index (χ2n) is 3.55. The van der Waals surface area contributed by atoms with Crippen molar-refractivity contribution in [1.82, 2.24) is 0 Å². The lowest BCUT2D eigenvalue weighted by Crippen LogP contribution is -2.09. The molecule has 0 aliphatic heterocycles. The molecule has 1 rings (SSSR count). The molecular formula is C9H12O8S2. The van der Waals surface area contributed by atoms with Gasteiger partial charge in [-0.1, -0.05) is 0 Å². The second-order valence-corrected chi connectivity index (χ2v) is 6.33. The standard InChI is InChI=1S/C9H12O8S2/c1-17-9-7(18(11,12)13)4-6(2-3-10)5-8(9)19(14,15)16/h4-5,10H,2-3H2,1H3,(H,11,12,13)(H,14,15,16). The molecule has 0 heterocycles. The van der Waals surface area contributed by atoms with Gasteiger partial charge in [-0.3, -0.25) is 9.11 Å². The molecule has 0 unspecified atom stereocenters. The Bertz CT molecular complexity index is 621. The van der Waals surface area contributed by atoms with Crippen molar-refractivity contribution in [3.8, 4) is 5.75 Å². The summed E-state index contributed by atoms with van der Waals surface area (Å²) in [5.74, 6) is -0.688. The Morgan fingerprint density at radius 3 is 1.74 bits per heavy atom. The van der Waals surface area contributed by atoms with E-state index < -0.39 is 35.8 Å². The number of methoxy groups -OCH3 is 1. The third-order valence-electron chi connectivity index (χ3n) is 2.24. The molecule has 1 aromatic rings. The third-order valence-corrected chi connectivity index (χ3v) is 3.96. The normalized spacial score (nSPS) is 12.4. The molecule has 0 fully saturated rings. The van der Waals surface area contributed by atoms with Crippen molar-refractivity contribution < 1.29 is 35.8 Å². The van der Waals surface area contributed by atoms with Crippen molar-refractivity contribution in [2.75, 3.05) is 13.7 Å². The van der Waals surface area contributed by atoms with E-state index in [2.05, 4.69) is 4.74 Å². The maximum absolute atomic E-state index is 11.2. The molecule has 0 spiro atoms. The van der Waals surface area contributed by atoms with Crippen LogP contribution in [0, 0.1) is 0 Å². The quantitative estimate of drug-likeness (QED) is 0.631. The van der Waals surface area contributed by atoms with Gasteiger partial charge in [0.25, 0.3) is 20.2 Å². The number of hydrogen-bond acceptors (Lipinski definition) is 6. The second kappa shape index (κ2) is 5.43. The molecule has 10 heteroatoms. The van der Waals surface area contributed by atoms with Gasteiger partial charge in [0.05, 0.1) is 7.11 Å². The molecule has 8 nitrogen and oxygen atoms in total. The van der Waals surface area contributed by atoms with Crippen LogP contribution in [0.3, 0.4) is 0 Å². The fraction of sp³-hybridized carbons (Fsp3) is 0.333. The lowest BCUT2D eigenvalue weighted by atomic mass is 10.1. The van der Waals surface area contributed by atoms with Gasteiger partial charge in [-0.2, -0.15) is 16.8 Å². The molecule has 19 heavy (non-hydrogen) atoms. The molecule has 108 valence electrons. The topological polar surface area (TPSA) is 138 Å². The van der Waals surface area contributed by atoms with Gasteiger partial charge in [0.15, 0.2) is 5.75 Å². The molecule has 0 amide bonds. The van der Waals surface area contributed by atoms with Gasteiger partial charge in [0.1, 0.15) is 9.79 Å². The van der Waals surface area contributed by atoms with Gasteiger partial charge >= 0.3 is 0 Å². The molecule has 0 aromatic heterocycles. The molecular weight excluding hydrogens is 300 g/mol. The van der Waals surface area contributed by atoms with E-state index in [0.717, 1.165) is 19.2 Å². The van der Waals surface area contributed by atoms with Crippen LogP contribution in [0.1, 0.15) is 5.56 Å². The van der Waals surface area contributed by atoms with Crippen molar-refractivity contribution >= 4 is 20.2 Å². The van der Waals surface area contributed by atoms with Gasteiger partial charge < -0.3 is 9.84 Å². The van der Waals surface area contributed by atoms with Crippen LogP contribution in [-0.4, -0.2) is 44.8 Å². The maximum Gasteiger partial charge on any atom is 0.298 e. The number of aliphatic hydroxyl groups is 1. The van der Waals surface area contributed by atoms with E-state index in [-0.39, 0.29) is 18.6 Å². The third kappa shape index (κ3) is 3.64. The van der Waals surface area contributed by atoms with E-state index >= 15 is 0 Å². The first-order valence-corrected chi connectivity index (χ1v) is 7.76. The first-order chi connectivity index (χ1) is 8.61. The monoisotopic (exact) mass is 312 g/mol.